The molecule has 0 aliphatic rings. The lowest BCUT2D eigenvalue weighted by molar-refractivity contribution is 0.145. The maximum Gasteiger partial charge on any atom is 0.171 e. The molecule has 0 unspecified atom stereocenters. The summed E-state index contributed by atoms with van der Waals surface area (Å²) in [5.41, 5.74) is 0.739. The maximum absolute atomic E-state index is 5.88. The number of ether oxygens (including phenoxy) is 2. The second-order valence-corrected chi connectivity index (χ2v) is 3.93. The van der Waals surface area contributed by atoms with Crippen LogP contribution in [0.25, 0.3) is 0 Å². The summed E-state index contributed by atoms with van der Waals surface area (Å²) in [6.45, 7) is 4.43. The minimum atomic E-state index is 0.331. The normalized spacial score (nSPS) is 10.1. The molecule has 0 saturated carbocycles. The number of hydrogen-bond acceptors (Lipinski definition) is 3. The molecule has 0 N–H and O–H groups in total. The highest BCUT2D eigenvalue weighted by Crippen LogP contribution is 2.28. The minimum absolute atomic E-state index is 0.331. The van der Waals surface area contributed by atoms with E-state index in [1.165, 1.54) is 0 Å². The molecular weight excluding hydrogens is 281 g/mol. The molecule has 0 aliphatic heterocycles. The zero-order chi connectivity index (χ0) is 11.3. The van der Waals surface area contributed by atoms with Crippen molar-refractivity contribution in [1.29, 1.82) is 0 Å². The molecule has 3 nitrogen and oxygen atoms in total. The molecule has 0 fully saturated rings. The topological polar surface area (TPSA) is 31.4 Å². The van der Waals surface area contributed by atoms with E-state index in [9.17, 15) is 0 Å². The molecule has 82 valence electrons. The van der Waals surface area contributed by atoms with Gasteiger partial charge in [0.25, 0.3) is 0 Å². The Labute approximate surface area is 102 Å². The van der Waals surface area contributed by atoms with Crippen LogP contribution in [0.4, 0.5) is 0 Å². The summed E-state index contributed by atoms with van der Waals surface area (Å²) in [5.74, 6) is 0.538. The van der Waals surface area contributed by atoms with Crippen LogP contribution in [0.5, 0.6) is 5.75 Å². The fourth-order valence-corrected chi connectivity index (χ4v) is 1.61. The van der Waals surface area contributed by atoms with E-state index in [1.54, 1.807) is 19.3 Å². The average molecular weight is 293 g/mol. The molecule has 1 aromatic heterocycles. The van der Waals surface area contributed by atoms with Crippen molar-refractivity contribution in [3.05, 3.63) is 34.0 Å². The molecule has 0 aliphatic carbocycles. The summed E-state index contributed by atoms with van der Waals surface area (Å²) in [7, 11) is 1.54. The summed E-state index contributed by atoms with van der Waals surface area (Å²) >= 11 is 9.25. The van der Waals surface area contributed by atoms with Gasteiger partial charge in [-0.3, -0.25) is 0 Å². The molecule has 1 heterocycles. The Balaban J connectivity index is 2.80. The number of halogens is 2. The Morgan fingerprint density at radius 2 is 2.40 bits per heavy atom. The third kappa shape index (κ3) is 3.48. The number of pyridine rings is 1. The highest BCUT2D eigenvalue weighted by atomic mass is 79.9. The SMILES string of the molecule is C=CCOCc1nc(Cl)c(OC)cc1Br. The molecule has 1 aromatic rings. The fraction of sp³-hybridized carbons (Fsp3) is 0.300. The lowest BCUT2D eigenvalue weighted by Gasteiger charge is -2.07. The molecule has 0 aromatic carbocycles. The lowest BCUT2D eigenvalue weighted by Crippen LogP contribution is -1.99. The standard InChI is InChI=1S/C10H11BrClNO2/c1-3-4-15-6-8-7(11)5-9(14-2)10(12)13-8/h3,5H,1,4,6H2,2H3. The van der Waals surface area contributed by atoms with Crippen molar-refractivity contribution in [3.63, 3.8) is 0 Å². The van der Waals surface area contributed by atoms with Crippen LogP contribution in [0.3, 0.4) is 0 Å². The first-order valence-corrected chi connectivity index (χ1v) is 5.43. The summed E-state index contributed by atoms with van der Waals surface area (Å²) in [6.07, 6.45) is 1.68. The molecule has 15 heavy (non-hydrogen) atoms. The van der Waals surface area contributed by atoms with Crippen LogP contribution in [0.1, 0.15) is 5.69 Å². The average Bonchev–Trinajstić information content (AvgIpc) is 2.23. The van der Waals surface area contributed by atoms with Gasteiger partial charge in [-0.2, -0.15) is 0 Å². The number of rotatable bonds is 5. The Kier molecular flexibility index (Phi) is 5.08. The Hall–Kier alpha value is -0.580. The van der Waals surface area contributed by atoms with Crippen molar-refractivity contribution < 1.29 is 9.47 Å². The zero-order valence-electron chi connectivity index (χ0n) is 8.30. The van der Waals surface area contributed by atoms with Gasteiger partial charge in [-0.25, -0.2) is 4.98 Å². The third-order valence-electron chi connectivity index (χ3n) is 1.66. The lowest BCUT2D eigenvalue weighted by atomic mass is 10.3. The first-order chi connectivity index (χ1) is 7.19. The van der Waals surface area contributed by atoms with Gasteiger partial charge in [-0.05, 0) is 22.0 Å². The quantitative estimate of drug-likeness (QED) is 0.474. The van der Waals surface area contributed by atoms with E-state index in [0.29, 0.717) is 24.1 Å². The molecule has 0 saturated heterocycles. The highest BCUT2D eigenvalue weighted by molar-refractivity contribution is 9.10. The molecule has 1 rings (SSSR count). The first-order valence-electron chi connectivity index (χ1n) is 4.26. The van der Waals surface area contributed by atoms with Crippen LogP contribution in [-0.2, 0) is 11.3 Å². The van der Waals surface area contributed by atoms with Crippen molar-refractivity contribution >= 4 is 27.5 Å². The Morgan fingerprint density at radius 1 is 1.67 bits per heavy atom. The van der Waals surface area contributed by atoms with Gasteiger partial charge in [-0.15, -0.1) is 6.58 Å². The second-order valence-electron chi connectivity index (χ2n) is 2.71. The van der Waals surface area contributed by atoms with E-state index in [4.69, 9.17) is 21.1 Å². The van der Waals surface area contributed by atoms with Crippen LogP contribution < -0.4 is 4.74 Å². The molecule has 0 bridgehead atoms. The molecule has 0 spiro atoms. The van der Waals surface area contributed by atoms with Crippen molar-refractivity contribution in [2.24, 2.45) is 0 Å². The van der Waals surface area contributed by atoms with Crippen molar-refractivity contribution in [3.8, 4) is 5.75 Å². The fourth-order valence-electron chi connectivity index (χ4n) is 0.968. The van der Waals surface area contributed by atoms with Crippen LogP contribution in [0.2, 0.25) is 5.15 Å². The summed E-state index contributed by atoms with van der Waals surface area (Å²) in [5, 5.41) is 0.331. The largest absolute Gasteiger partial charge is 0.493 e. The van der Waals surface area contributed by atoms with Gasteiger partial charge in [0.2, 0.25) is 0 Å². The van der Waals surface area contributed by atoms with Gasteiger partial charge in [0.05, 0.1) is 26.0 Å². The minimum Gasteiger partial charge on any atom is -0.493 e. The molecular formula is C10H11BrClNO2. The first kappa shape index (κ1) is 12.5. The smallest absolute Gasteiger partial charge is 0.171 e. The Morgan fingerprint density at radius 3 is 3.00 bits per heavy atom. The van der Waals surface area contributed by atoms with Crippen molar-refractivity contribution in [2.75, 3.05) is 13.7 Å². The van der Waals surface area contributed by atoms with Crippen LogP contribution in [-0.4, -0.2) is 18.7 Å². The van der Waals surface area contributed by atoms with Gasteiger partial charge in [-0.1, -0.05) is 17.7 Å². The third-order valence-corrected chi connectivity index (χ3v) is 2.62. The van der Waals surface area contributed by atoms with Gasteiger partial charge in [0.15, 0.2) is 10.9 Å². The van der Waals surface area contributed by atoms with E-state index in [0.717, 1.165) is 10.2 Å². The van der Waals surface area contributed by atoms with Gasteiger partial charge in [0.1, 0.15) is 0 Å². The maximum atomic E-state index is 5.88. The zero-order valence-corrected chi connectivity index (χ0v) is 10.6. The van der Waals surface area contributed by atoms with E-state index in [-0.39, 0.29) is 0 Å². The van der Waals surface area contributed by atoms with Crippen LogP contribution >= 0.6 is 27.5 Å². The summed E-state index contributed by atoms with van der Waals surface area (Å²) in [6, 6.07) is 1.77. The predicted octanol–water partition coefficient (Wildman–Crippen LogP) is 3.21. The predicted molar refractivity (Wildman–Crippen MR) is 63.4 cm³/mol. The van der Waals surface area contributed by atoms with E-state index >= 15 is 0 Å². The number of aromatic nitrogens is 1. The summed E-state index contributed by atoms with van der Waals surface area (Å²) < 4.78 is 11.1. The van der Waals surface area contributed by atoms with Crippen molar-refractivity contribution in [1.82, 2.24) is 4.98 Å². The van der Waals surface area contributed by atoms with Crippen molar-refractivity contribution in [2.45, 2.75) is 6.61 Å². The van der Waals surface area contributed by atoms with Gasteiger partial charge < -0.3 is 9.47 Å². The van der Waals surface area contributed by atoms with E-state index < -0.39 is 0 Å². The van der Waals surface area contributed by atoms with Crippen LogP contribution in [0.15, 0.2) is 23.2 Å². The Bertz CT molecular complexity index is 358. The molecule has 0 atom stereocenters. The number of methoxy groups -OCH3 is 1. The van der Waals surface area contributed by atoms with Gasteiger partial charge >= 0.3 is 0 Å². The number of hydrogen-bond donors (Lipinski definition) is 0. The molecule has 0 radical (unpaired) electrons. The molecule has 5 heteroatoms. The van der Waals surface area contributed by atoms with E-state index in [1.807, 2.05) is 0 Å². The molecule has 0 amide bonds. The summed E-state index contributed by atoms with van der Waals surface area (Å²) in [4.78, 5) is 4.15. The van der Waals surface area contributed by atoms with E-state index in [2.05, 4.69) is 27.5 Å². The second kappa shape index (κ2) is 6.10. The van der Waals surface area contributed by atoms with Gasteiger partial charge in [0, 0.05) is 4.47 Å². The number of nitrogens with zero attached hydrogens (tertiary/aromatic N) is 1. The monoisotopic (exact) mass is 291 g/mol. The van der Waals surface area contributed by atoms with Crippen LogP contribution in [0, 0.1) is 0 Å². The highest BCUT2D eigenvalue weighted by Gasteiger charge is 2.08.